The number of aryl methyl sites for hydroxylation is 1. The van der Waals surface area contributed by atoms with Crippen molar-refractivity contribution in [1.82, 2.24) is 0 Å². The largest absolute Gasteiger partial charge is 0.300 e. The number of hydrogen-bond donors (Lipinski definition) is 0. The van der Waals surface area contributed by atoms with Crippen molar-refractivity contribution in [2.75, 3.05) is 0 Å². The third kappa shape index (κ3) is 2.06. The highest BCUT2D eigenvalue weighted by Gasteiger charge is 2.26. The summed E-state index contributed by atoms with van der Waals surface area (Å²) in [6.07, 6.45) is 2.16. The van der Waals surface area contributed by atoms with E-state index < -0.39 is 0 Å². The van der Waals surface area contributed by atoms with Gasteiger partial charge in [0.05, 0.1) is 0 Å². The molecule has 1 unspecified atom stereocenters. The molecule has 2 nitrogen and oxygen atoms in total. The predicted molar refractivity (Wildman–Crippen MR) is 62.6 cm³/mol. The Labute approximate surface area is 95.7 Å². The van der Waals surface area contributed by atoms with Crippen molar-refractivity contribution >= 4 is 11.6 Å². The highest BCUT2D eigenvalue weighted by molar-refractivity contribution is 6.02. The van der Waals surface area contributed by atoms with Crippen molar-refractivity contribution in [3.63, 3.8) is 0 Å². The van der Waals surface area contributed by atoms with Crippen LogP contribution in [0.15, 0.2) is 18.2 Å². The van der Waals surface area contributed by atoms with Crippen molar-refractivity contribution in [3.05, 3.63) is 34.9 Å². The van der Waals surface area contributed by atoms with Crippen molar-refractivity contribution in [2.24, 2.45) is 5.92 Å². The fourth-order valence-electron chi connectivity index (χ4n) is 2.19. The van der Waals surface area contributed by atoms with Gasteiger partial charge >= 0.3 is 0 Å². The first-order chi connectivity index (χ1) is 7.58. The molecule has 0 fully saturated rings. The van der Waals surface area contributed by atoms with Gasteiger partial charge in [-0.1, -0.05) is 19.1 Å². The zero-order valence-corrected chi connectivity index (χ0v) is 9.75. The number of ketones is 2. The first-order valence-electron chi connectivity index (χ1n) is 5.73. The molecule has 0 amide bonds. The number of benzene rings is 1. The minimum atomic E-state index is 0.123. The first-order valence-corrected chi connectivity index (χ1v) is 5.73. The van der Waals surface area contributed by atoms with Gasteiger partial charge in [-0.15, -0.1) is 0 Å². The molecule has 0 bridgehead atoms. The summed E-state index contributed by atoms with van der Waals surface area (Å²) in [5.74, 6) is 0.568. The normalized spacial score (nSPS) is 18.6. The van der Waals surface area contributed by atoms with Gasteiger partial charge < -0.3 is 4.79 Å². The highest BCUT2D eigenvalue weighted by atomic mass is 16.1. The Hall–Kier alpha value is -1.44. The molecule has 1 atom stereocenters. The monoisotopic (exact) mass is 216 g/mol. The molecule has 16 heavy (non-hydrogen) atoms. The average Bonchev–Trinajstić information content (AvgIpc) is 2.52. The molecule has 0 radical (unpaired) electrons. The Kier molecular flexibility index (Phi) is 2.90. The number of carbonyl (C=O) groups excluding carboxylic acids is 2. The van der Waals surface area contributed by atoms with Crippen LogP contribution in [0.1, 0.15) is 41.8 Å². The summed E-state index contributed by atoms with van der Waals surface area (Å²) in [7, 11) is 0. The van der Waals surface area contributed by atoms with Crippen LogP contribution in [-0.2, 0) is 17.6 Å². The predicted octanol–water partition coefficient (Wildman–Crippen LogP) is 2.58. The maximum Gasteiger partial charge on any atom is 0.166 e. The van der Waals surface area contributed by atoms with Crippen LogP contribution in [0.5, 0.6) is 0 Å². The number of hydrogen-bond acceptors (Lipinski definition) is 2. The quantitative estimate of drug-likeness (QED) is 0.778. The minimum Gasteiger partial charge on any atom is -0.300 e. The molecular weight excluding hydrogens is 200 g/mol. The molecule has 1 aliphatic rings. The Bertz CT molecular complexity index is 446. The molecule has 84 valence electrons. The Morgan fingerprint density at radius 1 is 1.44 bits per heavy atom. The van der Waals surface area contributed by atoms with Crippen molar-refractivity contribution < 1.29 is 9.59 Å². The standard InChI is InChI=1S/C14H16O2/c1-9-7-12-6-5-11(4-3-10(2)15)8-13(12)14(9)16/h5-6,8-9H,3-4,7H2,1-2H3. The van der Waals surface area contributed by atoms with Crippen LogP contribution in [0.25, 0.3) is 0 Å². The topological polar surface area (TPSA) is 34.1 Å². The second-order valence-electron chi connectivity index (χ2n) is 4.66. The van der Waals surface area contributed by atoms with E-state index in [9.17, 15) is 9.59 Å². The van der Waals surface area contributed by atoms with Crippen molar-refractivity contribution in [2.45, 2.75) is 33.1 Å². The summed E-state index contributed by atoms with van der Waals surface area (Å²) in [5, 5.41) is 0. The molecule has 0 aromatic heterocycles. The smallest absolute Gasteiger partial charge is 0.166 e. The van der Waals surface area contributed by atoms with Gasteiger partial charge in [0.25, 0.3) is 0 Å². The van der Waals surface area contributed by atoms with E-state index in [0.717, 1.165) is 29.5 Å². The molecule has 2 rings (SSSR count). The molecule has 0 heterocycles. The van der Waals surface area contributed by atoms with E-state index in [-0.39, 0.29) is 17.5 Å². The minimum absolute atomic E-state index is 0.123. The van der Waals surface area contributed by atoms with Gasteiger partial charge in [0.15, 0.2) is 5.78 Å². The van der Waals surface area contributed by atoms with Gasteiger partial charge in [0.1, 0.15) is 5.78 Å². The summed E-state index contributed by atoms with van der Waals surface area (Å²) >= 11 is 0. The Balaban J connectivity index is 2.20. The van der Waals surface area contributed by atoms with E-state index >= 15 is 0 Å². The molecule has 0 N–H and O–H groups in total. The van der Waals surface area contributed by atoms with Crippen LogP contribution in [0.3, 0.4) is 0 Å². The summed E-state index contributed by atoms with van der Waals surface area (Å²) in [6.45, 7) is 3.57. The molecule has 0 aliphatic heterocycles. The lowest BCUT2D eigenvalue weighted by Crippen LogP contribution is -2.03. The van der Waals surface area contributed by atoms with Gasteiger partial charge in [-0.2, -0.15) is 0 Å². The second-order valence-corrected chi connectivity index (χ2v) is 4.66. The highest BCUT2D eigenvalue weighted by Crippen LogP contribution is 2.27. The molecular formula is C14H16O2. The number of Topliss-reactive ketones (excluding diaryl/α,β-unsaturated/α-hetero) is 2. The van der Waals surface area contributed by atoms with Gasteiger partial charge in [0, 0.05) is 17.9 Å². The molecule has 1 aliphatic carbocycles. The molecule has 0 spiro atoms. The molecule has 2 heteroatoms. The van der Waals surface area contributed by atoms with Crippen LogP contribution in [0, 0.1) is 5.92 Å². The Morgan fingerprint density at radius 3 is 2.88 bits per heavy atom. The van der Waals surface area contributed by atoms with Gasteiger partial charge in [0.2, 0.25) is 0 Å². The maximum atomic E-state index is 11.8. The van der Waals surface area contributed by atoms with E-state index in [1.54, 1.807) is 6.92 Å². The zero-order chi connectivity index (χ0) is 11.7. The summed E-state index contributed by atoms with van der Waals surface area (Å²) in [6, 6.07) is 6.03. The zero-order valence-electron chi connectivity index (χ0n) is 9.75. The van der Waals surface area contributed by atoms with Crippen molar-refractivity contribution in [3.8, 4) is 0 Å². The first kappa shape index (κ1) is 11.1. The number of carbonyl (C=O) groups is 2. The van der Waals surface area contributed by atoms with Crippen molar-refractivity contribution in [1.29, 1.82) is 0 Å². The Morgan fingerprint density at radius 2 is 2.19 bits per heavy atom. The lowest BCUT2D eigenvalue weighted by molar-refractivity contribution is -0.116. The van der Waals surface area contributed by atoms with Gasteiger partial charge in [-0.05, 0) is 37.0 Å². The number of fused-ring (bicyclic) bond motifs is 1. The molecule has 1 aromatic carbocycles. The SMILES string of the molecule is CC(=O)CCc1ccc2c(c1)C(=O)C(C)C2. The van der Waals surface area contributed by atoms with Gasteiger partial charge in [-0.25, -0.2) is 0 Å². The van der Waals surface area contributed by atoms with E-state index in [1.165, 1.54) is 0 Å². The van der Waals surface area contributed by atoms with E-state index in [2.05, 4.69) is 0 Å². The van der Waals surface area contributed by atoms with E-state index in [0.29, 0.717) is 6.42 Å². The van der Waals surface area contributed by atoms with E-state index in [1.807, 2.05) is 25.1 Å². The second kappa shape index (κ2) is 4.20. The lowest BCUT2D eigenvalue weighted by atomic mass is 10.0. The van der Waals surface area contributed by atoms with Crippen LogP contribution in [0.4, 0.5) is 0 Å². The van der Waals surface area contributed by atoms with Crippen LogP contribution in [0.2, 0.25) is 0 Å². The molecule has 0 saturated heterocycles. The average molecular weight is 216 g/mol. The third-order valence-electron chi connectivity index (χ3n) is 3.18. The third-order valence-corrected chi connectivity index (χ3v) is 3.18. The fourth-order valence-corrected chi connectivity index (χ4v) is 2.19. The van der Waals surface area contributed by atoms with Crippen LogP contribution >= 0.6 is 0 Å². The molecule has 1 aromatic rings. The number of rotatable bonds is 3. The lowest BCUT2D eigenvalue weighted by Gasteiger charge is -2.02. The summed E-state index contributed by atoms with van der Waals surface area (Å²) < 4.78 is 0. The summed E-state index contributed by atoms with van der Waals surface area (Å²) in [5.41, 5.74) is 3.12. The van der Waals surface area contributed by atoms with Crippen LogP contribution < -0.4 is 0 Å². The molecule has 0 saturated carbocycles. The maximum absolute atomic E-state index is 11.8. The van der Waals surface area contributed by atoms with Crippen LogP contribution in [-0.4, -0.2) is 11.6 Å². The fraction of sp³-hybridized carbons (Fsp3) is 0.429. The van der Waals surface area contributed by atoms with Gasteiger partial charge in [-0.3, -0.25) is 4.79 Å². The van der Waals surface area contributed by atoms with E-state index in [4.69, 9.17) is 0 Å². The summed E-state index contributed by atoms with van der Waals surface area (Å²) in [4.78, 5) is 22.7.